The van der Waals surface area contributed by atoms with E-state index < -0.39 is 0 Å². The van der Waals surface area contributed by atoms with Gasteiger partial charge in [-0.25, -0.2) is 5.48 Å². The number of hydrogen-bond donors (Lipinski definition) is 2. The second kappa shape index (κ2) is 12.3. The fourth-order valence-corrected chi connectivity index (χ4v) is 3.25. The first-order chi connectivity index (χ1) is 11.2. The lowest BCUT2D eigenvalue weighted by molar-refractivity contribution is -0.128. The Hall–Kier alpha value is -1.20. The Balaban J connectivity index is 2.52. The predicted molar refractivity (Wildman–Crippen MR) is 95.2 cm³/mol. The molecule has 1 unspecified atom stereocenters. The van der Waals surface area contributed by atoms with Crippen molar-refractivity contribution >= 4 is 17.7 Å². The minimum atomic E-state index is -0.324. The van der Waals surface area contributed by atoms with Crippen LogP contribution in [0.2, 0.25) is 0 Å². The van der Waals surface area contributed by atoms with E-state index in [9.17, 15) is 4.79 Å². The average molecular weight is 340 g/mol. The van der Waals surface area contributed by atoms with Crippen LogP contribution >= 0.6 is 11.8 Å². The van der Waals surface area contributed by atoms with E-state index in [1.54, 1.807) is 5.48 Å². The molecule has 0 aliphatic rings. The monoisotopic (exact) mass is 339 g/mol. The molecular formula is C18H29NO3S. The molecule has 1 rings (SSSR count). The second-order valence-corrected chi connectivity index (χ2v) is 6.88. The molecule has 5 heteroatoms. The Bertz CT molecular complexity index is 436. The Labute approximate surface area is 144 Å². The lowest BCUT2D eigenvalue weighted by atomic mass is 10.1. The first kappa shape index (κ1) is 19.8. The normalized spacial score (nSPS) is 12.0. The summed E-state index contributed by atoms with van der Waals surface area (Å²) in [5.41, 5.74) is 1.79. The van der Waals surface area contributed by atoms with E-state index in [2.05, 4.69) is 13.8 Å². The molecule has 0 fully saturated rings. The number of thioether (sulfide) groups is 1. The molecule has 0 aromatic heterocycles. The lowest BCUT2D eigenvalue weighted by Gasteiger charge is -2.14. The van der Waals surface area contributed by atoms with Crippen LogP contribution < -0.4 is 10.2 Å². The third-order valence-electron chi connectivity index (χ3n) is 3.59. The number of carbonyl (C=O) groups excluding carboxylic acids is 1. The van der Waals surface area contributed by atoms with Crippen LogP contribution in [0, 0.1) is 0 Å². The van der Waals surface area contributed by atoms with Crippen molar-refractivity contribution in [3.05, 3.63) is 24.3 Å². The van der Waals surface area contributed by atoms with Gasteiger partial charge in [-0.15, -0.1) is 11.8 Å². The van der Waals surface area contributed by atoms with Crippen LogP contribution in [-0.2, 0) is 4.79 Å². The molecule has 0 aliphatic heterocycles. The zero-order valence-corrected chi connectivity index (χ0v) is 15.0. The van der Waals surface area contributed by atoms with Crippen molar-refractivity contribution in [2.75, 3.05) is 6.61 Å². The van der Waals surface area contributed by atoms with Crippen molar-refractivity contribution in [1.29, 1.82) is 0 Å². The molecule has 2 N–H and O–H groups in total. The van der Waals surface area contributed by atoms with Gasteiger partial charge in [-0.3, -0.25) is 10.0 Å². The molecule has 0 radical (unpaired) electrons. The molecule has 0 saturated carbocycles. The third-order valence-corrected chi connectivity index (χ3v) is 4.87. The largest absolute Gasteiger partial charge is 0.494 e. The van der Waals surface area contributed by atoms with Crippen LogP contribution in [0.1, 0.15) is 58.8 Å². The highest BCUT2D eigenvalue weighted by atomic mass is 32.2. The summed E-state index contributed by atoms with van der Waals surface area (Å²) in [6.07, 6.45) is 7.40. The zero-order chi connectivity index (χ0) is 16.9. The molecule has 1 aromatic rings. The van der Waals surface area contributed by atoms with Gasteiger partial charge in [-0.05, 0) is 37.1 Å². The predicted octanol–water partition coefficient (Wildman–Crippen LogP) is 4.80. The van der Waals surface area contributed by atoms with Crippen LogP contribution in [0.15, 0.2) is 29.2 Å². The van der Waals surface area contributed by atoms with Gasteiger partial charge in [0.25, 0.3) is 5.91 Å². The van der Waals surface area contributed by atoms with Crippen molar-refractivity contribution in [2.24, 2.45) is 0 Å². The van der Waals surface area contributed by atoms with Crippen molar-refractivity contribution in [3.8, 4) is 5.75 Å². The lowest BCUT2D eigenvalue weighted by Crippen LogP contribution is -2.30. The fraction of sp³-hybridized carbons (Fsp3) is 0.611. The number of carbonyl (C=O) groups is 1. The van der Waals surface area contributed by atoms with Crippen molar-refractivity contribution in [3.63, 3.8) is 0 Å². The van der Waals surface area contributed by atoms with Crippen LogP contribution in [0.4, 0.5) is 0 Å². The van der Waals surface area contributed by atoms with Crippen LogP contribution in [0.25, 0.3) is 0 Å². The summed E-state index contributed by atoms with van der Waals surface area (Å²) in [6.45, 7) is 5.03. The molecule has 23 heavy (non-hydrogen) atoms. The van der Waals surface area contributed by atoms with Gasteiger partial charge in [0.2, 0.25) is 0 Å². The van der Waals surface area contributed by atoms with Gasteiger partial charge in [0, 0.05) is 4.90 Å². The quantitative estimate of drug-likeness (QED) is 0.248. The molecule has 0 bridgehead atoms. The molecular weight excluding hydrogens is 310 g/mol. The smallest absolute Gasteiger partial charge is 0.256 e. The van der Waals surface area contributed by atoms with Crippen LogP contribution in [0.3, 0.4) is 0 Å². The van der Waals surface area contributed by atoms with Gasteiger partial charge in [-0.1, -0.05) is 46.0 Å². The molecule has 1 amide bonds. The van der Waals surface area contributed by atoms with Crippen molar-refractivity contribution in [1.82, 2.24) is 5.48 Å². The van der Waals surface area contributed by atoms with Crippen molar-refractivity contribution in [2.45, 2.75) is 68.9 Å². The summed E-state index contributed by atoms with van der Waals surface area (Å²) in [7, 11) is 0. The van der Waals surface area contributed by atoms with Gasteiger partial charge in [0.05, 0.1) is 11.9 Å². The topological polar surface area (TPSA) is 58.6 Å². The summed E-state index contributed by atoms with van der Waals surface area (Å²) in [6, 6.07) is 7.80. The van der Waals surface area contributed by atoms with E-state index in [1.165, 1.54) is 24.6 Å². The molecule has 0 saturated heterocycles. The number of hydrogen-bond acceptors (Lipinski definition) is 4. The zero-order valence-electron chi connectivity index (χ0n) is 14.2. The Morgan fingerprint density at radius 2 is 1.83 bits per heavy atom. The average Bonchev–Trinajstić information content (AvgIpc) is 2.58. The van der Waals surface area contributed by atoms with E-state index in [4.69, 9.17) is 9.94 Å². The standard InChI is InChI=1S/C18H29NO3S/c1-3-5-7-8-9-17(18(20)19-21)23-16-12-10-15(11-13-16)22-14-6-4-2/h10-13,17,21H,3-9,14H2,1-2H3,(H,19,20). The Kier molecular flexibility index (Phi) is 10.6. The number of nitrogens with one attached hydrogen (secondary N) is 1. The number of amides is 1. The van der Waals surface area contributed by atoms with Gasteiger partial charge < -0.3 is 4.74 Å². The summed E-state index contributed by atoms with van der Waals surface area (Å²) in [4.78, 5) is 12.8. The number of rotatable bonds is 12. The van der Waals surface area contributed by atoms with E-state index in [0.717, 1.165) is 49.4 Å². The Morgan fingerprint density at radius 3 is 2.43 bits per heavy atom. The van der Waals surface area contributed by atoms with Crippen LogP contribution in [-0.4, -0.2) is 23.0 Å². The van der Waals surface area contributed by atoms with E-state index in [-0.39, 0.29) is 11.2 Å². The molecule has 0 spiro atoms. The van der Waals surface area contributed by atoms with Crippen molar-refractivity contribution < 1.29 is 14.7 Å². The highest BCUT2D eigenvalue weighted by Gasteiger charge is 2.19. The highest BCUT2D eigenvalue weighted by molar-refractivity contribution is 8.00. The molecule has 1 aromatic carbocycles. The SMILES string of the molecule is CCCCCCC(Sc1ccc(OCCCC)cc1)C(=O)NO. The second-order valence-electron chi connectivity index (χ2n) is 5.61. The highest BCUT2D eigenvalue weighted by Crippen LogP contribution is 2.28. The number of hydroxylamine groups is 1. The first-order valence-corrected chi connectivity index (χ1v) is 9.42. The maximum Gasteiger partial charge on any atom is 0.256 e. The minimum Gasteiger partial charge on any atom is -0.494 e. The summed E-state index contributed by atoms with van der Waals surface area (Å²) in [5.74, 6) is 0.531. The molecule has 0 heterocycles. The third kappa shape index (κ3) is 8.28. The number of ether oxygens (including phenoxy) is 1. The maximum absolute atomic E-state index is 11.8. The fourth-order valence-electron chi connectivity index (χ4n) is 2.19. The van der Waals surface area contributed by atoms with Gasteiger partial charge in [0.1, 0.15) is 5.75 Å². The van der Waals surface area contributed by atoms with E-state index in [1.807, 2.05) is 24.3 Å². The molecule has 4 nitrogen and oxygen atoms in total. The molecule has 1 atom stereocenters. The number of unbranched alkanes of at least 4 members (excludes halogenated alkanes) is 4. The van der Waals surface area contributed by atoms with Gasteiger partial charge in [0.15, 0.2) is 0 Å². The summed E-state index contributed by atoms with van der Waals surface area (Å²) < 4.78 is 5.64. The maximum atomic E-state index is 11.8. The van der Waals surface area contributed by atoms with Gasteiger partial charge in [-0.2, -0.15) is 0 Å². The number of benzene rings is 1. The summed E-state index contributed by atoms with van der Waals surface area (Å²) in [5, 5.41) is 8.66. The minimum absolute atomic E-state index is 0.260. The first-order valence-electron chi connectivity index (χ1n) is 8.54. The Morgan fingerprint density at radius 1 is 1.13 bits per heavy atom. The molecule has 130 valence electrons. The molecule has 0 aliphatic carbocycles. The van der Waals surface area contributed by atoms with E-state index in [0.29, 0.717) is 0 Å². The van der Waals surface area contributed by atoms with Gasteiger partial charge >= 0.3 is 0 Å². The van der Waals surface area contributed by atoms with Crippen LogP contribution in [0.5, 0.6) is 5.75 Å². The van der Waals surface area contributed by atoms with E-state index >= 15 is 0 Å². The summed E-state index contributed by atoms with van der Waals surface area (Å²) >= 11 is 1.49.